The number of halogens is 1. The fourth-order valence-electron chi connectivity index (χ4n) is 1.72. The normalized spacial score (nSPS) is 21.2. The third-order valence-electron chi connectivity index (χ3n) is 2.33. The SMILES string of the molecule is CB1O[C@H](C)c2cc(F)ccc21. The van der Waals surface area contributed by atoms with Crippen LogP contribution in [0.3, 0.4) is 0 Å². The molecule has 0 aromatic heterocycles. The zero-order chi connectivity index (χ0) is 8.72. The predicted molar refractivity (Wildman–Crippen MR) is 47.2 cm³/mol. The molecule has 0 fully saturated rings. The van der Waals surface area contributed by atoms with Gasteiger partial charge in [0.1, 0.15) is 5.82 Å². The first-order valence-electron chi connectivity index (χ1n) is 4.13. The third-order valence-corrected chi connectivity index (χ3v) is 2.33. The highest BCUT2D eigenvalue weighted by atomic mass is 19.1. The molecular formula is C9H10BFO. The van der Waals surface area contributed by atoms with Crippen LogP contribution in [-0.4, -0.2) is 6.92 Å². The molecule has 1 heterocycles. The predicted octanol–water partition coefficient (Wildman–Crippen LogP) is 1.75. The highest BCUT2D eigenvalue weighted by Crippen LogP contribution is 2.23. The first-order valence-corrected chi connectivity index (χ1v) is 4.13. The molecule has 0 radical (unpaired) electrons. The molecule has 0 saturated carbocycles. The molecule has 1 aliphatic rings. The third kappa shape index (κ3) is 1.05. The van der Waals surface area contributed by atoms with Crippen molar-refractivity contribution in [3.8, 4) is 0 Å². The lowest BCUT2D eigenvalue weighted by molar-refractivity contribution is 0.248. The summed E-state index contributed by atoms with van der Waals surface area (Å²) in [5.74, 6) is -0.182. The Kier molecular flexibility index (Phi) is 1.69. The van der Waals surface area contributed by atoms with E-state index in [-0.39, 0.29) is 18.8 Å². The molecule has 1 atom stereocenters. The van der Waals surface area contributed by atoms with Crippen LogP contribution in [0.1, 0.15) is 18.6 Å². The summed E-state index contributed by atoms with van der Waals surface area (Å²) < 4.78 is 18.3. The van der Waals surface area contributed by atoms with Gasteiger partial charge >= 0.3 is 6.92 Å². The smallest absolute Gasteiger partial charge is 0.324 e. The van der Waals surface area contributed by atoms with Crippen molar-refractivity contribution in [2.45, 2.75) is 19.9 Å². The van der Waals surface area contributed by atoms with E-state index in [1.165, 1.54) is 6.07 Å². The lowest BCUT2D eigenvalue weighted by Crippen LogP contribution is -2.23. The van der Waals surface area contributed by atoms with Gasteiger partial charge in [0.2, 0.25) is 0 Å². The number of hydrogen-bond acceptors (Lipinski definition) is 1. The lowest BCUT2D eigenvalue weighted by Gasteiger charge is -2.03. The minimum atomic E-state index is -0.182. The van der Waals surface area contributed by atoms with Gasteiger partial charge in [-0.15, -0.1) is 0 Å². The van der Waals surface area contributed by atoms with Crippen LogP contribution >= 0.6 is 0 Å². The molecule has 0 unspecified atom stereocenters. The standard InChI is InChI=1S/C9H10BFO/c1-6-8-5-7(11)3-4-9(8)10(2)12-6/h3-6H,1-2H3/t6-/m1/s1. The van der Waals surface area contributed by atoms with Crippen LogP contribution in [0.4, 0.5) is 4.39 Å². The molecule has 62 valence electrons. The first-order chi connectivity index (χ1) is 5.68. The largest absolute Gasteiger partial charge is 0.425 e. The Morgan fingerprint density at radius 2 is 2.25 bits per heavy atom. The fraction of sp³-hybridized carbons (Fsp3) is 0.333. The average molecular weight is 164 g/mol. The summed E-state index contributed by atoms with van der Waals surface area (Å²) in [5, 5.41) is 0. The molecule has 0 spiro atoms. The van der Waals surface area contributed by atoms with Crippen LogP contribution in [0.25, 0.3) is 0 Å². The highest BCUT2D eigenvalue weighted by Gasteiger charge is 2.28. The topological polar surface area (TPSA) is 9.23 Å². The van der Waals surface area contributed by atoms with Crippen LogP contribution in [0.2, 0.25) is 6.82 Å². The Morgan fingerprint density at radius 3 is 3.00 bits per heavy atom. The second-order valence-corrected chi connectivity index (χ2v) is 3.19. The van der Waals surface area contributed by atoms with Crippen molar-refractivity contribution in [3.63, 3.8) is 0 Å². The maximum atomic E-state index is 12.8. The molecule has 1 aromatic carbocycles. The second kappa shape index (κ2) is 2.59. The summed E-state index contributed by atoms with van der Waals surface area (Å²) in [6.45, 7) is 4.04. The monoisotopic (exact) mass is 164 g/mol. The van der Waals surface area contributed by atoms with E-state index in [1.54, 1.807) is 12.1 Å². The quantitative estimate of drug-likeness (QED) is 0.530. The molecule has 2 rings (SSSR count). The Labute approximate surface area is 71.7 Å². The Balaban J connectivity index is 2.53. The van der Waals surface area contributed by atoms with Gasteiger partial charge in [-0.2, -0.15) is 0 Å². The van der Waals surface area contributed by atoms with Gasteiger partial charge < -0.3 is 4.65 Å². The van der Waals surface area contributed by atoms with Crippen LogP contribution in [-0.2, 0) is 4.65 Å². The molecule has 1 aliphatic heterocycles. The van der Waals surface area contributed by atoms with Gasteiger partial charge in [-0.1, -0.05) is 12.9 Å². The van der Waals surface area contributed by atoms with Crippen LogP contribution in [0, 0.1) is 5.82 Å². The van der Waals surface area contributed by atoms with Gasteiger partial charge in [0.05, 0.1) is 6.10 Å². The van der Waals surface area contributed by atoms with E-state index in [9.17, 15) is 4.39 Å². The molecular weight excluding hydrogens is 154 g/mol. The molecule has 0 aliphatic carbocycles. The van der Waals surface area contributed by atoms with Crippen molar-refractivity contribution < 1.29 is 9.04 Å². The van der Waals surface area contributed by atoms with Crippen LogP contribution in [0.5, 0.6) is 0 Å². The molecule has 12 heavy (non-hydrogen) atoms. The summed E-state index contributed by atoms with van der Waals surface area (Å²) in [6.07, 6.45) is 0.0331. The molecule has 0 N–H and O–H groups in total. The van der Waals surface area contributed by atoms with Crippen molar-refractivity contribution in [3.05, 3.63) is 29.6 Å². The van der Waals surface area contributed by atoms with Gasteiger partial charge in [0.25, 0.3) is 0 Å². The maximum Gasteiger partial charge on any atom is 0.324 e. The number of benzene rings is 1. The summed E-state index contributed by atoms with van der Waals surface area (Å²) in [7, 11) is 0. The Bertz CT molecular complexity index is 313. The molecule has 0 saturated heterocycles. The van der Waals surface area contributed by atoms with Gasteiger partial charge in [0, 0.05) is 0 Å². The Morgan fingerprint density at radius 1 is 1.50 bits per heavy atom. The van der Waals surface area contributed by atoms with Gasteiger partial charge in [-0.3, -0.25) is 0 Å². The lowest BCUT2D eigenvalue weighted by atomic mass is 9.64. The van der Waals surface area contributed by atoms with Crippen molar-refractivity contribution in [1.82, 2.24) is 0 Å². The van der Waals surface area contributed by atoms with Crippen molar-refractivity contribution in [2.75, 3.05) is 0 Å². The van der Waals surface area contributed by atoms with Crippen molar-refractivity contribution in [1.29, 1.82) is 0 Å². The summed E-state index contributed by atoms with van der Waals surface area (Å²) in [4.78, 5) is 0. The summed E-state index contributed by atoms with van der Waals surface area (Å²) >= 11 is 0. The molecule has 1 aromatic rings. The molecule has 1 nitrogen and oxygen atoms in total. The summed E-state index contributed by atoms with van der Waals surface area (Å²) in [5.41, 5.74) is 2.10. The van der Waals surface area contributed by atoms with E-state index >= 15 is 0 Å². The highest BCUT2D eigenvalue weighted by molar-refractivity contribution is 6.67. The van der Waals surface area contributed by atoms with Crippen molar-refractivity contribution >= 4 is 12.4 Å². The fourth-order valence-corrected chi connectivity index (χ4v) is 1.72. The molecule has 0 amide bonds. The zero-order valence-corrected chi connectivity index (χ0v) is 7.17. The van der Waals surface area contributed by atoms with E-state index in [2.05, 4.69) is 0 Å². The van der Waals surface area contributed by atoms with E-state index in [0.29, 0.717) is 0 Å². The van der Waals surface area contributed by atoms with Crippen LogP contribution < -0.4 is 5.46 Å². The molecule has 0 bridgehead atoms. The zero-order valence-electron chi connectivity index (χ0n) is 7.17. The second-order valence-electron chi connectivity index (χ2n) is 3.19. The van der Waals surface area contributed by atoms with E-state index in [1.807, 2.05) is 13.7 Å². The average Bonchev–Trinajstić information content (AvgIpc) is 2.28. The number of hydrogen-bond donors (Lipinski definition) is 0. The van der Waals surface area contributed by atoms with E-state index < -0.39 is 0 Å². The van der Waals surface area contributed by atoms with Crippen molar-refractivity contribution in [2.24, 2.45) is 0 Å². The van der Waals surface area contributed by atoms with Gasteiger partial charge in [0.15, 0.2) is 0 Å². The van der Waals surface area contributed by atoms with Gasteiger partial charge in [-0.05, 0) is 30.1 Å². The first kappa shape index (κ1) is 7.81. The minimum absolute atomic E-state index is 0.0331. The maximum absolute atomic E-state index is 12.8. The summed E-state index contributed by atoms with van der Waals surface area (Å²) in [6, 6.07) is 4.85. The van der Waals surface area contributed by atoms with E-state index in [4.69, 9.17) is 4.65 Å². The van der Waals surface area contributed by atoms with Crippen LogP contribution in [0.15, 0.2) is 18.2 Å². The number of rotatable bonds is 0. The number of fused-ring (bicyclic) bond motifs is 1. The molecule has 3 heteroatoms. The Hall–Kier alpha value is -0.825. The minimum Gasteiger partial charge on any atom is -0.425 e. The van der Waals surface area contributed by atoms with E-state index in [0.717, 1.165) is 11.0 Å². The van der Waals surface area contributed by atoms with Gasteiger partial charge in [-0.25, -0.2) is 4.39 Å².